The van der Waals surface area contributed by atoms with E-state index in [1.54, 1.807) is 5.05 Å². The van der Waals surface area contributed by atoms with Crippen molar-refractivity contribution < 1.29 is 4.79 Å². The van der Waals surface area contributed by atoms with Gasteiger partial charge in [0.25, 0.3) is 0 Å². The fraction of sp³-hybridized carbons (Fsp3) is 0.750. The van der Waals surface area contributed by atoms with Crippen molar-refractivity contribution in [2.24, 2.45) is 0 Å². The van der Waals surface area contributed by atoms with E-state index in [0.717, 1.165) is 0 Å². The van der Waals surface area contributed by atoms with Crippen molar-refractivity contribution in [2.45, 2.75) is 17.3 Å². The second-order valence-corrected chi connectivity index (χ2v) is 13.1. The Kier molecular flexibility index (Phi) is 2.26. The molecule has 3 heteroatoms. The molecule has 0 bridgehead atoms. The molecule has 0 amide bonds. The Labute approximate surface area is 46.5 Å². The van der Waals surface area contributed by atoms with Gasteiger partial charge in [-0.3, -0.25) is 0 Å². The molecule has 0 spiro atoms. The van der Waals surface area contributed by atoms with Crippen molar-refractivity contribution in [1.82, 2.24) is 0 Å². The molecule has 0 aliphatic rings. The van der Waals surface area contributed by atoms with Crippen LogP contribution in [0, 0.1) is 0 Å². The van der Waals surface area contributed by atoms with E-state index in [1.165, 1.54) is 0 Å². The predicted molar refractivity (Wildman–Crippen MR) is 33.0 cm³/mol. The summed E-state index contributed by atoms with van der Waals surface area (Å²) in [4.78, 5) is 2.97. The molecule has 0 radical (unpaired) electrons. The van der Waals surface area contributed by atoms with Crippen LogP contribution < -0.4 is 0 Å². The summed E-state index contributed by atoms with van der Waals surface area (Å²) in [6.07, 6.45) is 0. The maximum absolute atomic E-state index is 8.02. The van der Waals surface area contributed by atoms with Gasteiger partial charge in [0.2, 0.25) is 0 Å². The van der Waals surface area contributed by atoms with Gasteiger partial charge in [-0.25, -0.2) is 0 Å². The van der Waals surface area contributed by atoms with E-state index >= 15 is 0 Å². The molecule has 0 aliphatic carbocycles. The van der Waals surface area contributed by atoms with E-state index in [-0.39, 0.29) is 0 Å². The van der Waals surface area contributed by atoms with E-state index in [2.05, 4.69) is 22.1 Å². The molecule has 0 fully saturated rings. The first-order valence-electron chi connectivity index (χ1n) is 2.25. The van der Waals surface area contributed by atoms with Gasteiger partial charge in [-0.15, -0.1) is 0 Å². The number of nitrogens with zero attached hydrogens (tertiary/aromatic N) is 2. The van der Waals surface area contributed by atoms with Crippen molar-refractivity contribution in [3.05, 3.63) is 5.53 Å². The van der Waals surface area contributed by atoms with Crippen LogP contribution in [0.2, 0.25) is 17.3 Å². The quantitative estimate of drug-likeness (QED) is 0.238. The van der Waals surface area contributed by atoms with E-state index < -0.39 is 13.3 Å². The molecule has 0 unspecified atom stereocenters. The van der Waals surface area contributed by atoms with Gasteiger partial charge < -0.3 is 0 Å². The van der Waals surface area contributed by atoms with Crippen LogP contribution in [-0.4, -0.2) is 23.1 Å². The Morgan fingerprint density at radius 2 is 1.86 bits per heavy atom. The molecule has 40 valence electrons. The van der Waals surface area contributed by atoms with E-state index in [1.807, 2.05) is 0 Å². The summed E-state index contributed by atoms with van der Waals surface area (Å²) in [5.74, 6) is 6.46. The first-order chi connectivity index (χ1) is 3.06. The van der Waals surface area contributed by atoms with Crippen molar-refractivity contribution in [3.63, 3.8) is 0 Å². The topological polar surface area (TPSA) is 36.4 Å². The number of hydrogen-bond donors (Lipinski definition) is 0. The standard InChI is InChI=1S/C4H10GeN2/c1-5(2,3)4-7-6/h4H,1-3H3. The van der Waals surface area contributed by atoms with Gasteiger partial charge in [-0.05, 0) is 0 Å². The molecule has 0 N–H and O–H groups in total. The molecule has 0 aromatic heterocycles. The Balaban J connectivity index is 3.80. The molecule has 0 atom stereocenters. The monoisotopic (exact) mass is 160 g/mol. The molecular formula is C4H10GeN2. The van der Waals surface area contributed by atoms with Gasteiger partial charge in [0.1, 0.15) is 0 Å². The summed E-state index contributed by atoms with van der Waals surface area (Å²) in [6, 6.07) is 0. The van der Waals surface area contributed by atoms with Crippen LogP contribution in [0.1, 0.15) is 0 Å². The summed E-state index contributed by atoms with van der Waals surface area (Å²) >= 11 is -1.62. The van der Waals surface area contributed by atoms with Gasteiger partial charge in [-0.2, -0.15) is 0 Å². The molecule has 0 saturated heterocycles. The Morgan fingerprint density at radius 1 is 1.43 bits per heavy atom. The first-order valence-corrected chi connectivity index (χ1v) is 9.75. The third-order valence-electron chi connectivity index (χ3n) is 0.445. The summed E-state index contributed by atoms with van der Waals surface area (Å²) in [7, 11) is 0. The second-order valence-electron chi connectivity index (χ2n) is 2.61. The molecule has 0 heterocycles. The molecule has 7 heavy (non-hydrogen) atoms. The SMILES string of the molecule is [CH3][Ge]([CH3])([CH3])[CH]=[N+]=[N-]. The van der Waals surface area contributed by atoms with Crippen molar-refractivity contribution in [3.8, 4) is 0 Å². The predicted octanol–water partition coefficient (Wildman–Crippen LogP) is 1.16. The minimum atomic E-state index is -1.62. The zero-order chi connectivity index (χ0) is 5.91. The van der Waals surface area contributed by atoms with Gasteiger partial charge in [-0.1, -0.05) is 0 Å². The number of rotatable bonds is 1. The fourth-order valence-electron chi connectivity index (χ4n) is 0.173. The summed E-state index contributed by atoms with van der Waals surface area (Å²) < 4.78 is 0. The van der Waals surface area contributed by atoms with E-state index in [0.29, 0.717) is 0 Å². The summed E-state index contributed by atoms with van der Waals surface area (Å²) in [5.41, 5.74) is 8.02. The molecule has 0 aromatic rings. The van der Waals surface area contributed by atoms with Crippen LogP contribution in [0.25, 0.3) is 5.53 Å². The van der Waals surface area contributed by atoms with Crippen LogP contribution in [0.5, 0.6) is 0 Å². The molecule has 0 saturated carbocycles. The summed E-state index contributed by atoms with van der Waals surface area (Å²) in [6.45, 7) is 0. The van der Waals surface area contributed by atoms with Crippen LogP contribution in [0.3, 0.4) is 0 Å². The Morgan fingerprint density at radius 3 is 1.86 bits per heavy atom. The van der Waals surface area contributed by atoms with Gasteiger partial charge in [0.15, 0.2) is 0 Å². The molecular weight excluding hydrogens is 149 g/mol. The maximum atomic E-state index is 8.02. The summed E-state index contributed by atoms with van der Waals surface area (Å²) in [5, 5.41) is 1.68. The van der Waals surface area contributed by atoms with Crippen LogP contribution >= 0.6 is 0 Å². The third-order valence-corrected chi connectivity index (χ3v) is 2.31. The normalized spacial score (nSPS) is 10.1. The van der Waals surface area contributed by atoms with Gasteiger partial charge >= 0.3 is 45.9 Å². The molecule has 0 aromatic carbocycles. The Bertz CT molecular complexity index is 96.7. The second kappa shape index (κ2) is 2.29. The zero-order valence-electron chi connectivity index (χ0n) is 4.97. The third kappa shape index (κ3) is 5.92. The molecule has 0 aliphatic heterocycles. The van der Waals surface area contributed by atoms with E-state index in [9.17, 15) is 0 Å². The van der Waals surface area contributed by atoms with Crippen molar-refractivity contribution in [1.29, 1.82) is 0 Å². The van der Waals surface area contributed by atoms with Crippen LogP contribution in [0.15, 0.2) is 0 Å². The number of hydrogen-bond acceptors (Lipinski definition) is 0. The van der Waals surface area contributed by atoms with Gasteiger partial charge in [0.05, 0.1) is 0 Å². The average molecular weight is 159 g/mol. The Hall–Kier alpha value is -0.0771. The zero-order valence-corrected chi connectivity index (χ0v) is 7.07. The average Bonchev–Trinajstić information content (AvgIpc) is 1.30. The van der Waals surface area contributed by atoms with Crippen molar-refractivity contribution in [2.75, 3.05) is 0 Å². The van der Waals surface area contributed by atoms with Crippen LogP contribution in [0.4, 0.5) is 0 Å². The van der Waals surface area contributed by atoms with Gasteiger partial charge in [0, 0.05) is 0 Å². The molecule has 2 nitrogen and oxygen atoms in total. The minimum absolute atomic E-state index is 1.62. The fourth-order valence-corrected chi connectivity index (χ4v) is 0.900. The van der Waals surface area contributed by atoms with E-state index in [4.69, 9.17) is 5.53 Å². The van der Waals surface area contributed by atoms with Crippen LogP contribution in [-0.2, 0) is 0 Å². The first kappa shape index (κ1) is 6.92. The van der Waals surface area contributed by atoms with Crippen molar-refractivity contribution >= 4 is 18.3 Å². The molecule has 0 rings (SSSR count).